The van der Waals surface area contributed by atoms with E-state index in [2.05, 4.69) is 34.8 Å². The molecule has 3 heteroatoms. The van der Waals surface area contributed by atoms with E-state index in [1.54, 1.807) is 6.20 Å². The Balaban J connectivity index is 2.68. The number of hydrogen-bond donors (Lipinski definition) is 1. The fourth-order valence-electron chi connectivity index (χ4n) is 1.69. The highest BCUT2D eigenvalue weighted by Crippen LogP contribution is 2.28. The molecule has 0 aliphatic rings. The summed E-state index contributed by atoms with van der Waals surface area (Å²) in [5.74, 6) is 0.578. The second-order valence-corrected chi connectivity index (χ2v) is 4.66. The van der Waals surface area contributed by atoms with Crippen molar-refractivity contribution in [1.29, 1.82) is 0 Å². The van der Waals surface area contributed by atoms with Gasteiger partial charge in [-0.05, 0) is 40.4 Å². The van der Waals surface area contributed by atoms with Gasteiger partial charge in [-0.25, -0.2) is 0 Å². The van der Waals surface area contributed by atoms with Gasteiger partial charge in [-0.3, -0.25) is 4.98 Å². The first-order valence-electron chi connectivity index (χ1n) is 5.47. The summed E-state index contributed by atoms with van der Waals surface area (Å²) >= 11 is 3.41. The van der Waals surface area contributed by atoms with Crippen molar-refractivity contribution in [2.24, 2.45) is 5.92 Å². The first-order valence-corrected chi connectivity index (χ1v) is 6.26. The van der Waals surface area contributed by atoms with Crippen LogP contribution in [0.5, 0.6) is 0 Å². The summed E-state index contributed by atoms with van der Waals surface area (Å²) in [5, 5.41) is 10.0. The fraction of sp³-hybridized carbons (Fsp3) is 0.583. The Morgan fingerprint density at radius 2 is 2.07 bits per heavy atom. The number of rotatable bonds is 5. The lowest BCUT2D eigenvalue weighted by Gasteiger charge is -2.17. The molecule has 0 saturated carbocycles. The maximum atomic E-state index is 10.0. The van der Waals surface area contributed by atoms with Crippen LogP contribution in [0.2, 0.25) is 0 Å². The third-order valence-electron chi connectivity index (χ3n) is 2.81. The summed E-state index contributed by atoms with van der Waals surface area (Å²) in [7, 11) is 0. The van der Waals surface area contributed by atoms with Crippen molar-refractivity contribution < 1.29 is 5.11 Å². The Morgan fingerprint density at radius 1 is 1.40 bits per heavy atom. The quantitative estimate of drug-likeness (QED) is 0.886. The molecule has 0 amide bonds. The topological polar surface area (TPSA) is 33.1 Å². The molecule has 0 spiro atoms. The number of aliphatic hydroxyl groups excluding tert-OH is 1. The van der Waals surface area contributed by atoms with Crippen molar-refractivity contribution in [1.82, 2.24) is 4.98 Å². The molecule has 1 heterocycles. The molecule has 0 bridgehead atoms. The van der Waals surface area contributed by atoms with Crippen molar-refractivity contribution in [3.8, 4) is 0 Å². The summed E-state index contributed by atoms with van der Waals surface area (Å²) in [6.45, 7) is 4.32. The van der Waals surface area contributed by atoms with E-state index in [0.29, 0.717) is 5.92 Å². The summed E-state index contributed by atoms with van der Waals surface area (Å²) in [4.78, 5) is 4.20. The van der Waals surface area contributed by atoms with Crippen LogP contribution in [-0.4, -0.2) is 10.1 Å². The van der Waals surface area contributed by atoms with Crippen LogP contribution in [0.3, 0.4) is 0 Å². The van der Waals surface area contributed by atoms with Crippen molar-refractivity contribution in [2.45, 2.75) is 39.2 Å². The van der Waals surface area contributed by atoms with Crippen LogP contribution in [0, 0.1) is 5.92 Å². The number of pyridine rings is 1. The zero-order valence-electron chi connectivity index (χ0n) is 9.28. The van der Waals surface area contributed by atoms with Gasteiger partial charge in [0.1, 0.15) is 0 Å². The molecule has 1 atom stereocenters. The van der Waals surface area contributed by atoms with E-state index in [1.165, 1.54) is 0 Å². The number of hydrogen-bond acceptors (Lipinski definition) is 2. The highest BCUT2D eigenvalue weighted by atomic mass is 79.9. The van der Waals surface area contributed by atoms with Gasteiger partial charge in [0.05, 0.1) is 11.8 Å². The lowest BCUT2D eigenvalue weighted by Crippen LogP contribution is -2.08. The van der Waals surface area contributed by atoms with E-state index in [0.717, 1.165) is 29.4 Å². The summed E-state index contributed by atoms with van der Waals surface area (Å²) < 4.78 is 0.892. The van der Waals surface area contributed by atoms with Gasteiger partial charge in [0.25, 0.3) is 0 Å². The second kappa shape index (κ2) is 6.23. The molecule has 0 aliphatic carbocycles. The molecule has 0 saturated heterocycles. The Bertz CT molecular complexity index is 299. The van der Waals surface area contributed by atoms with E-state index >= 15 is 0 Å². The molecular weight excluding hydrogens is 254 g/mol. The lowest BCUT2D eigenvalue weighted by atomic mass is 9.95. The van der Waals surface area contributed by atoms with Crippen LogP contribution in [0.25, 0.3) is 0 Å². The zero-order valence-corrected chi connectivity index (χ0v) is 10.9. The smallest absolute Gasteiger partial charge is 0.0973 e. The minimum atomic E-state index is -0.453. The molecule has 1 aromatic heterocycles. The molecule has 2 nitrogen and oxygen atoms in total. The molecule has 1 rings (SSSR count). The maximum Gasteiger partial charge on any atom is 0.0973 e. The minimum absolute atomic E-state index is 0.453. The van der Waals surface area contributed by atoms with Crippen LogP contribution >= 0.6 is 15.9 Å². The monoisotopic (exact) mass is 271 g/mol. The fourth-order valence-corrected chi connectivity index (χ4v) is 2.21. The Hall–Kier alpha value is -0.410. The SMILES string of the molecule is CCC(CC)CC(O)c1ncccc1Br. The first-order chi connectivity index (χ1) is 7.19. The first kappa shape index (κ1) is 12.7. The molecule has 1 unspecified atom stereocenters. The van der Waals surface area contributed by atoms with Gasteiger partial charge in [-0.2, -0.15) is 0 Å². The number of nitrogens with zero attached hydrogens (tertiary/aromatic N) is 1. The van der Waals surface area contributed by atoms with Crippen molar-refractivity contribution in [2.75, 3.05) is 0 Å². The third-order valence-corrected chi connectivity index (χ3v) is 3.48. The van der Waals surface area contributed by atoms with Gasteiger partial charge in [-0.15, -0.1) is 0 Å². The average molecular weight is 272 g/mol. The van der Waals surface area contributed by atoms with E-state index in [-0.39, 0.29) is 0 Å². The third kappa shape index (κ3) is 3.58. The normalized spacial score (nSPS) is 13.1. The maximum absolute atomic E-state index is 10.0. The van der Waals surface area contributed by atoms with Gasteiger partial charge in [0, 0.05) is 10.7 Å². The average Bonchev–Trinajstić information content (AvgIpc) is 2.26. The van der Waals surface area contributed by atoms with Crippen molar-refractivity contribution in [3.05, 3.63) is 28.5 Å². The Kier molecular flexibility index (Phi) is 5.26. The van der Waals surface area contributed by atoms with Crippen LogP contribution in [0.1, 0.15) is 44.9 Å². The van der Waals surface area contributed by atoms with Gasteiger partial charge in [-0.1, -0.05) is 26.7 Å². The van der Waals surface area contributed by atoms with Gasteiger partial charge in [0.15, 0.2) is 0 Å². The van der Waals surface area contributed by atoms with Gasteiger partial charge >= 0.3 is 0 Å². The Labute approximate surface area is 99.9 Å². The Morgan fingerprint density at radius 3 is 2.60 bits per heavy atom. The molecule has 1 N–H and O–H groups in total. The minimum Gasteiger partial charge on any atom is -0.387 e. The molecule has 0 fully saturated rings. The van der Waals surface area contributed by atoms with Crippen LogP contribution in [-0.2, 0) is 0 Å². The van der Waals surface area contributed by atoms with Gasteiger partial charge < -0.3 is 5.11 Å². The van der Waals surface area contributed by atoms with E-state index in [4.69, 9.17) is 0 Å². The number of halogens is 1. The summed E-state index contributed by atoms with van der Waals surface area (Å²) in [6, 6.07) is 3.77. The van der Waals surface area contributed by atoms with E-state index < -0.39 is 6.10 Å². The molecular formula is C12H18BrNO. The molecule has 0 aromatic carbocycles. The van der Waals surface area contributed by atoms with Crippen LogP contribution in [0.15, 0.2) is 22.8 Å². The van der Waals surface area contributed by atoms with Crippen LogP contribution in [0.4, 0.5) is 0 Å². The molecule has 0 aliphatic heterocycles. The van der Waals surface area contributed by atoms with Crippen molar-refractivity contribution >= 4 is 15.9 Å². The standard InChI is InChI=1S/C12H18BrNO/c1-3-9(4-2)8-11(15)12-10(13)6-5-7-14-12/h5-7,9,11,15H,3-4,8H2,1-2H3. The van der Waals surface area contributed by atoms with Crippen molar-refractivity contribution in [3.63, 3.8) is 0 Å². The molecule has 15 heavy (non-hydrogen) atoms. The predicted octanol–water partition coefficient (Wildman–Crippen LogP) is 3.70. The lowest BCUT2D eigenvalue weighted by molar-refractivity contribution is 0.136. The number of aliphatic hydroxyl groups is 1. The predicted molar refractivity (Wildman–Crippen MR) is 65.6 cm³/mol. The van der Waals surface area contributed by atoms with Gasteiger partial charge in [0.2, 0.25) is 0 Å². The molecule has 84 valence electrons. The van der Waals surface area contributed by atoms with Crippen LogP contribution < -0.4 is 0 Å². The highest BCUT2D eigenvalue weighted by molar-refractivity contribution is 9.10. The summed E-state index contributed by atoms with van der Waals surface area (Å²) in [5.41, 5.74) is 0.754. The number of aromatic nitrogens is 1. The second-order valence-electron chi connectivity index (χ2n) is 3.80. The summed E-state index contributed by atoms with van der Waals surface area (Å²) in [6.07, 6.45) is 4.28. The zero-order chi connectivity index (χ0) is 11.3. The highest BCUT2D eigenvalue weighted by Gasteiger charge is 2.16. The van der Waals surface area contributed by atoms with E-state index in [1.807, 2.05) is 12.1 Å². The largest absolute Gasteiger partial charge is 0.387 e. The molecule has 0 radical (unpaired) electrons. The van der Waals surface area contributed by atoms with E-state index in [9.17, 15) is 5.11 Å². The molecule has 1 aromatic rings.